The molecular formula is C14H20FNO. The van der Waals surface area contributed by atoms with E-state index in [1.54, 1.807) is 13.0 Å². The van der Waals surface area contributed by atoms with Crippen molar-refractivity contribution in [3.05, 3.63) is 35.1 Å². The van der Waals surface area contributed by atoms with Gasteiger partial charge in [-0.3, -0.25) is 0 Å². The predicted molar refractivity (Wildman–Crippen MR) is 66.4 cm³/mol. The highest BCUT2D eigenvalue weighted by Gasteiger charge is 2.28. The van der Waals surface area contributed by atoms with Crippen LogP contribution in [-0.2, 0) is 11.3 Å². The molecule has 94 valence electrons. The van der Waals surface area contributed by atoms with Gasteiger partial charge in [0.15, 0.2) is 0 Å². The average molecular weight is 237 g/mol. The Hall–Kier alpha value is -0.930. The molecule has 1 aromatic rings. The summed E-state index contributed by atoms with van der Waals surface area (Å²) < 4.78 is 19.0. The number of halogens is 1. The van der Waals surface area contributed by atoms with Crippen LogP contribution in [0.3, 0.4) is 0 Å². The van der Waals surface area contributed by atoms with Crippen molar-refractivity contribution < 1.29 is 9.13 Å². The molecule has 2 rings (SSSR count). The van der Waals surface area contributed by atoms with Crippen LogP contribution in [0.5, 0.6) is 0 Å². The first-order valence-electron chi connectivity index (χ1n) is 6.19. The second-order valence-corrected chi connectivity index (χ2v) is 5.09. The smallest absolute Gasteiger partial charge is 0.126 e. The van der Waals surface area contributed by atoms with E-state index in [4.69, 9.17) is 4.74 Å². The zero-order chi connectivity index (χ0) is 12.3. The number of ether oxygens (including phenoxy) is 1. The molecule has 1 aliphatic rings. The van der Waals surface area contributed by atoms with Crippen LogP contribution < -0.4 is 5.32 Å². The van der Waals surface area contributed by atoms with E-state index in [2.05, 4.69) is 12.2 Å². The third-order valence-corrected chi connectivity index (χ3v) is 3.36. The third kappa shape index (κ3) is 3.27. The molecule has 3 heteroatoms. The molecule has 0 radical (unpaired) electrons. The van der Waals surface area contributed by atoms with Gasteiger partial charge in [0.2, 0.25) is 0 Å². The summed E-state index contributed by atoms with van der Waals surface area (Å²) in [6.45, 7) is 6.28. The van der Waals surface area contributed by atoms with E-state index in [-0.39, 0.29) is 11.4 Å². The lowest BCUT2D eigenvalue weighted by atomic mass is 10.0. The maximum absolute atomic E-state index is 13.3. The molecule has 1 saturated heterocycles. The Morgan fingerprint density at radius 2 is 2.29 bits per heavy atom. The van der Waals surface area contributed by atoms with Crippen molar-refractivity contribution >= 4 is 0 Å². The summed E-state index contributed by atoms with van der Waals surface area (Å²) in [5.74, 6) is -0.132. The Morgan fingerprint density at radius 3 is 2.94 bits per heavy atom. The minimum Gasteiger partial charge on any atom is -0.374 e. The summed E-state index contributed by atoms with van der Waals surface area (Å²) >= 11 is 0. The van der Waals surface area contributed by atoms with Gasteiger partial charge in [0.25, 0.3) is 0 Å². The van der Waals surface area contributed by atoms with Crippen molar-refractivity contribution in [3.8, 4) is 0 Å². The lowest BCUT2D eigenvalue weighted by molar-refractivity contribution is 0.0207. The zero-order valence-electron chi connectivity index (χ0n) is 10.6. The number of benzene rings is 1. The SMILES string of the molecule is Cc1ccc(CNCC2(C)CCCO2)cc1F. The van der Waals surface area contributed by atoms with E-state index in [0.717, 1.165) is 31.6 Å². The number of rotatable bonds is 4. The van der Waals surface area contributed by atoms with Gasteiger partial charge in [-0.1, -0.05) is 12.1 Å². The van der Waals surface area contributed by atoms with Gasteiger partial charge in [-0.2, -0.15) is 0 Å². The number of hydrogen-bond acceptors (Lipinski definition) is 2. The molecule has 17 heavy (non-hydrogen) atoms. The fourth-order valence-electron chi connectivity index (χ4n) is 2.19. The number of nitrogens with one attached hydrogen (secondary N) is 1. The first-order chi connectivity index (χ1) is 8.09. The molecule has 0 spiro atoms. The molecule has 1 unspecified atom stereocenters. The van der Waals surface area contributed by atoms with Gasteiger partial charge in [-0.15, -0.1) is 0 Å². The van der Waals surface area contributed by atoms with Crippen LogP contribution in [0, 0.1) is 12.7 Å². The first kappa shape index (κ1) is 12.5. The van der Waals surface area contributed by atoms with Crippen LogP contribution in [0.4, 0.5) is 4.39 Å². The molecular weight excluding hydrogens is 217 g/mol. The molecule has 0 aliphatic carbocycles. The third-order valence-electron chi connectivity index (χ3n) is 3.36. The lowest BCUT2D eigenvalue weighted by Crippen LogP contribution is -2.36. The zero-order valence-corrected chi connectivity index (χ0v) is 10.6. The average Bonchev–Trinajstić information content (AvgIpc) is 2.71. The van der Waals surface area contributed by atoms with E-state index in [0.29, 0.717) is 12.1 Å². The second-order valence-electron chi connectivity index (χ2n) is 5.09. The minimum atomic E-state index is -0.132. The quantitative estimate of drug-likeness (QED) is 0.869. The fraction of sp³-hybridized carbons (Fsp3) is 0.571. The Bertz CT molecular complexity index is 386. The first-order valence-corrected chi connectivity index (χ1v) is 6.19. The Balaban J connectivity index is 1.83. The van der Waals surface area contributed by atoms with Gasteiger partial charge in [0, 0.05) is 19.7 Å². The predicted octanol–water partition coefficient (Wildman–Crippen LogP) is 2.79. The molecule has 0 amide bonds. The van der Waals surface area contributed by atoms with E-state index < -0.39 is 0 Å². The Labute approximate surface area is 102 Å². The maximum Gasteiger partial charge on any atom is 0.126 e. The molecule has 1 N–H and O–H groups in total. The van der Waals surface area contributed by atoms with Crippen molar-refractivity contribution in [2.75, 3.05) is 13.2 Å². The van der Waals surface area contributed by atoms with Crippen LogP contribution in [-0.4, -0.2) is 18.8 Å². The second kappa shape index (κ2) is 5.15. The van der Waals surface area contributed by atoms with Crippen molar-refractivity contribution in [1.29, 1.82) is 0 Å². The van der Waals surface area contributed by atoms with Crippen LogP contribution in [0.2, 0.25) is 0 Å². The molecule has 0 bridgehead atoms. The molecule has 1 heterocycles. The fourth-order valence-corrected chi connectivity index (χ4v) is 2.19. The highest BCUT2D eigenvalue weighted by molar-refractivity contribution is 5.23. The van der Waals surface area contributed by atoms with Gasteiger partial charge < -0.3 is 10.1 Å². The van der Waals surface area contributed by atoms with Gasteiger partial charge in [0.05, 0.1) is 5.60 Å². The van der Waals surface area contributed by atoms with E-state index in [1.165, 1.54) is 0 Å². The lowest BCUT2D eigenvalue weighted by Gasteiger charge is -2.23. The molecule has 2 nitrogen and oxygen atoms in total. The standard InChI is InChI=1S/C14H20FNO/c1-11-4-5-12(8-13(11)15)9-16-10-14(2)6-3-7-17-14/h4-5,8,16H,3,6-7,9-10H2,1-2H3. The van der Waals surface area contributed by atoms with Gasteiger partial charge in [-0.05, 0) is 43.9 Å². The molecule has 1 atom stereocenters. The summed E-state index contributed by atoms with van der Waals surface area (Å²) in [6, 6.07) is 5.38. The summed E-state index contributed by atoms with van der Waals surface area (Å²) in [5, 5.41) is 3.34. The molecule has 1 fully saturated rings. The summed E-state index contributed by atoms with van der Waals surface area (Å²) in [7, 11) is 0. The highest BCUT2D eigenvalue weighted by Crippen LogP contribution is 2.24. The van der Waals surface area contributed by atoms with Gasteiger partial charge in [0.1, 0.15) is 5.82 Å². The molecule has 1 aromatic carbocycles. The van der Waals surface area contributed by atoms with Crippen LogP contribution in [0.1, 0.15) is 30.9 Å². The number of hydrogen-bond donors (Lipinski definition) is 1. The largest absolute Gasteiger partial charge is 0.374 e. The van der Waals surface area contributed by atoms with E-state index in [1.807, 2.05) is 12.1 Å². The van der Waals surface area contributed by atoms with Crippen LogP contribution in [0.25, 0.3) is 0 Å². The number of aryl methyl sites for hydroxylation is 1. The van der Waals surface area contributed by atoms with E-state index in [9.17, 15) is 4.39 Å². The van der Waals surface area contributed by atoms with Gasteiger partial charge in [-0.25, -0.2) is 4.39 Å². The summed E-state index contributed by atoms with van der Waals surface area (Å²) in [4.78, 5) is 0. The van der Waals surface area contributed by atoms with Crippen LogP contribution >= 0.6 is 0 Å². The minimum absolute atomic E-state index is 0.0385. The van der Waals surface area contributed by atoms with Gasteiger partial charge >= 0.3 is 0 Å². The maximum atomic E-state index is 13.3. The summed E-state index contributed by atoms with van der Waals surface area (Å²) in [5.41, 5.74) is 1.64. The topological polar surface area (TPSA) is 21.3 Å². The monoisotopic (exact) mass is 237 g/mol. The van der Waals surface area contributed by atoms with Crippen molar-refractivity contribution in [2.45, 2.75) is 38.8 Å². The normalized spacial score (nSPS) is 24.2. The van der Waals surface area contributed by atoms with Crippen LogP contribution in [0.15, 0.2) is 18.2 Å². The summed E-state index contributed by atoms with van der Waals surface area (Å²) in [6.07, 6.45) is 2.24. The molecule has 1 aliphatic heterocycles. The highest BCUT2D eigenvalue weighted by atomic mass is 19.1. The van der Waals surface area contributed by atoms with Crippen molar-refractivity contribution in [1.82, 2.24) is 5.32 Å². The molecule has 0 saturated carbocycles. The van der Waals surface area contributed by atoms with Crippen molar-refractivity contribution in [2.24, 2.45) is 0 Å². The van der Waals surface area contributed by atoms with E-state index >= 15 is 0 Å². The van der Waals surface area contributed by atoms with Crippen molar-refractivity contribution in [3.63, 3.8) is 0 Å². The Morgan fingerprint density at radius 1 is 1.47 bits per heavy atom. The molecule has 0 aromatic heterocycles. The Kier molecular flexibility index (Phi) is 3.79.